The Kier molecular flexibility index (Phi) is 3.33. The second-order valence-electron chi connectivity index (χ2n) is 3.84. The molecule has 1 aromatic heterocycles. The van der Waals surface area contributed by atoms with E-state index >= 15 is 0 Å². The number of nitrogens with zero attached hydrogens (tertiary/aromatic N) is 1. The van der Waals surface area contributed by atoms with Gasteiger partial charge in [-0.2, -0.15) is 0 Å². The molecule has 4 heteroatoms. The van der Waals surface area contributed by atoms with Crippen LogP contribution in [0.25, 0.3) is 0 Å². The van der Waals surface area contributed by atoms with Gasteiger partial charge in [0.2, 0.25) is 5.88 Å². The number of aryl methyl sites for hydroxylation is 2. The Bertz CT molecular complexity index is 535. The molecule has 0 aliphatic heterocycles. The lowest BCUT2D eigenvalue weighted by atomic mass is 10.2. The maximum atomic E-state index is 5.89. The molecule has 1 aromatic carbocycles. The summed E-state index contributed by atoms with van der Waals surface area (Å²) in [5.74, 6) is 1.19. The summed E-state index contributed by atoms with van der Waals surface area (Å²) in [6, 6.07) is 7.58. The van der Waals surface area contributed by atoms with Gasteiger partial charge in [-0.3, -0.25) is 0 Å². The van der Waals surface area contributed by atoms with Gasteiger partial charge in [-0.25, -0.2) is 4.98 Å². The van der Waals surface area contributed by atoms with Crippen molar-refractivity contribution < 1.29 is 4.74 Å². The topological polar surface area (TPSA) is 48.1 Å². The van der Waals surface area contributed by atoms with Gasteiger partial charge in [0.05, 0.1) is 10.2 Å². The van der Waals surface area contributed by atoms with Crippen LogP contribution in [0.1, 0.15) is 11.1 Å². The van der Waals surface area contributed by atoms with Crippen LogP contribution < -0.4 is 10.5 Å². The maximum absolute atomic E-state index is 5.89. The van der Waals surface area contributed by atoms with Crippen LogP contribution in [0.2, 0.25) is 0 Å². The lowest BCUT2D eigenvalue weighted by Gasteiger charge is -2.12. The molecule has 3 nitrogen and oxygen atoms in total. The molecule has 0 aliphatic rings. The number of rotatable bonds is 2. The quantitative estimate of drug-likeness (QED) is 0.856. The Morgan fingerprint density at radius 1 is 1.18 bits per heavy atom. The third-order valence-corrected chi connectivity index (χ3v) is 3.46. The van der Waals surface area contributed by atoms with Crippen molar-refractivity contribution in [3.05, 3.63) is 46.1 Å². The smallest absolute Gasteiger partial charge is 0.233 e. The van der Waals surface area contributed by atoms with Crippen molar-refractivity contribution in [1.29, 1.82) is 0 Å². The number of ether oxygens (including phenoxy) is 1. The molecule has 88 valence electrons. The number of nitrogen functional groups attached to an aromatic ring is 1. The lowest BCUT2D eigenvalue weighted by molar-refractivity contribution is 0.458. The van der Waals surface area contributed by atoms with Gasteiger partial charge in [0.1, 0.15) is 0 Å². The molecule has 17 heavy (non-hydrogen) atoms. The molecule has 0 bridgehead atoms. The van der Waals surface area contributed by atoms with Gasteiger partial charge in [-0.05, 0) is 53.0 Å². The Morgan fingerprint density at radius 3 is 2.65 bits per heavy atom. The summed E-state index contributed by atoms with van der Waals surface area (Å²) in [7, 11) is 0. The molecule has 0 amide bonds. The summed E-state index contributed by atoms with van der Waals surface area (Å²) in [5.41, 5.74) is 8.56. The summed E-state index contributed by atoms with van der Waals surface area (Å²) in [6.45, 7) is 3.94. The Morgan fingerprint density at radius 2 is 1.94 bits per heavy atom. The number of benzene rings is 1. The van der Waals surface area contributed by atoms with E-state index in [1.54, 1.807) is 6.20 Å². The molecule has 0 atom stereocenters. The summed E-state index contributed by atoms with van der Waals surface area (Å²) >= 11 is 3.46. The minimum absolute atomic E-state index is 0.533. The highest BCUT2D eigenvalue weighted by Crippen LogP contribution is 2.34. The van der Waals surface area contributed by atoms with Crippen molar-refractivity contribution in [2.45, 2.75) is 13.8 Å². The van der Waals surface area contributed by atoms with Crippen molar-refractivity contribution in [3.8, 4) is 11.6 Å². The molecule has 2 aromatic rings. The van der Waals surface area contributed by atoms with Crippen molar-refractivity contribution in [2.24, 2.45) is 0 Å². The monoisotopic (exact) mass is 292 g/mol. The second kappa shape index (κ2) is 4.75. The maximum Gasteiger partial charge on any atom is 0.233 e. The predicted octanol–water partition coefficient (Wildman–Crippen LogP) is 3.84. The van der Waals surface area contributed by atoms with Crippen molar-refractivity contribution in [1.82, 2.24) is 4.98 Å². The molecule has 0 spiro atoms. The lowest BCUT2D eigenvalue weighted by Crippen LogP contribution is -1.97. The third kappa shape index (κ3) is 2.42. The van der Waals surface area contributed by atoms with Gasteiger partial charge in [-0.1, -0.05) is 12.1 Å². The van der Waals surface area contributed by atoms with Crippen LogP contribution >= 0.6 is 15.9 Å². The Hall–Kier alpha value is -1.55. The van der Waals surface area contributed by atoms with Crippen molar-refractivity contribution >= 4 is 21.6 Å². The number of pyridine rings is 1. The zero-order chi connectivity index (χ0) is 12.4. The number of halogens is 1. The largest absolute Gasteiger partial charge is 0.435 e. The van der Waals surface area contributed by atoms with E-state index in [1.165, 1.54) is 0 Å². The summed E-state index contributed by atoms with van der Waals surface area (Å²) < 4.78 is 6.62. The molecule has 1 heterocycles. The van der Waals surface area contributed by atoms with Gasteiger partial charge in [-0.15, -0.1) is 0 Å². The van der Waals surface area contributed by atoms with Crippen LogP contribution in [-0.2, 0) is 0 Å². The van der Waals surface area contributed by atoms with E-state index in [1.807, 2.05) is 38.1 Å². The van der Waals surface area contributed by atoms with Crippen LogP contribution in [-0.4, -0.2) is 4.98 Å². The van der Waals surface area contributed by atoms with E-state index in [0.29, 0.717) is 17.3 Å². The normalized spacial score (nSPS) is 10.3. The minimum Gasteiger partial charge on any atom is -0.435 e. The van der Waals surface area contributed by atoms with Crippen molar-refractivity contribution in [3.63, 3.8) is 0 Å². The van der Waals surface area contributed by atoms with E-state index in [9.17, 15) is 0 Å². The summed E-state index contributed by atoms with van der Waals surface area (Å²) in [6.07, 6.45) is 1.71. The zero-order valence-electron chi connectivity index (χ0n) is 9.70. The van der Waals surface area contributed by atoms with Crippen LogP contribution in [0.3, 0.4) is 0 Å². The molecule has 2 N–H and O–H groups in total. The standard InChI is InChI=1S/C13H13BrN2O/c1-8-6-7-16-13(11(8)14)17-12-9(2)4-3-5-10(12)15/h3-7H,15H2,1-2H3. The van der Waals surface area contributed by atoms with Gasteiger partial charge in [0.25, 0.3) is 0 Å². The van der Waals surface area contributed by atoms with E-state index in [-0.39, 0.29) is 0 Å². The van der Waals surface area contributed by atoms with Gasteiger partial charge in [0, 0.05) is 6.20 Å². The minimum atomic E-state index is 0.533. The number of nitrogens with two attached hydrogens (primary N) is 1. The first kappa shape index (κ1) is 11.9. The fraction of sp³-hybridized carbons (Fsp3) is 0.154. The van der Waals surface area contributed by atoms with E-state index in [0.717, 1.165) is 15.6 Å². The SMILES string of the molecule is Cc1ccnc(Oc2c(C)cccc2N)c1Br. The first-order valence-electron chi connectivity index (χ1n) is 5.23. The number of hydrogen-bond donors (Lipinski definition) is 1. The fourth-order valence-corrected chi connectivity index (χ4v) is 1.81. The highest BCUT2D eigenvalue weighted by atomic mass is 79.9. The average molecular weight is 293 g/mol. The van der Waals surface area contributed by atoms with Crippen LogP contribution in [0.5, 0.6) is 11.6 Å². The number of aromatic nitrogens is 1. The number of para-hydroxylation sites is 1. The van der Waals surface area contributed by atoms with Crippen molar-refractivity contribution in [2.75, 3.05) is 5.73 Å². The summed E-state index contributed by atoms with van der Waals surface area (Å²) in [5, 5.41) is 0. The van der Waals surface area contributed by atoms with Gasteiger partial charge in [0.15, 0.2) is 5.75 Å². The highest BCUT2D eigenvalue weighted by Gasteiger charge is 2.10. The van der Waals surface area contributed by atoms with Crippen LogP contribution in [0.15, 0.2) is 34.9 Å². The molecule has 0 saturated heterocycles. The predicted molar refractivity (Wildman–Crippen MR) is 72.3 cm³/mol. The first-order chi connectivity index (χ1) is 8.09. The molecule has 0 radical (unpaired) electrons. The molecular formula is C13H13BrN2O. The molecule has 0 unspecified atom stereocenters. The van der Waals surface area contributed by atoms with Crippen LogP contribution in [0, 0.1) is 13.8 Å². The van der Waals surface area contributed by atoms with E-state index in [2.05, 4.69) is 20.9 Å². The zero-order valence-corrected chi connectivity index (χ0v) is 11.3. The van der Waals surface area contributed by atoms with Crippen LogP contribution in [0.4, 0.5) is 5.69 Å². The third-order valence-electron chi connectivity index (χ3n) is 2.49. The molecule has 0 saturated carbocycles. The molecule has 2 rings (SSSR count). The highest BCUT2D eigenvalue weighted by molar-refractivity contribution is 9.10. The number of anilines is 1. The fourth-order valence-electron chi connectivity index (χ4n) is 1.50. The molecular weight excluding hydrogens is 280 g/mol. The van der Waals surface area contributed by atoms with E-state index in [4.69, 9.17) is 10.5 Å². The van der Waals surface area contributed by atoms with E-state index < -0.39 is 0 Å². The molecule has 0 fully saturated rings. The van der Waals surface area contributed by atoms with Gasteiger partial charge >= 0.3 is 0 Å². The van der Waals surface area contributed by atoms with Gasteiger partial charge < -0.3 is 10.5 Å². The average Bonchev–Trinajstić information content (AvgIpc) is 2.29. The molecule has 0 aliphatic carbocycles. The first-order valence-corrected chi connectivity index (χ1v) is 6.03. The Labute approximate surface area is 109 Å². The second-order valence-corrected chi connectivity index (χ2v) is 4.64. The Balaban J connectivity index is 2.42. The summed E-state index contributed by atoms with van der Waals surface area (Å²) in [4.78, 5) is 4.19. The number of hydrogen-bond acceptors (Lipinski definition) is 3.